The molecule has 0 radical (unpaired) electrons. The quantitative estimate of drug-likeness (QED) is 0.354. The van der Waals surface area contributed by atoms with E-state index in [4.69, 9.17) is 11.6 Å². The molecule has 4 rings (SSSR count). The number of ketones is 1. The number of hydrogen-bond donors (Lipinski definition) is 1. The molecule has 0 spiro atoms. The van der Waals surface area contributed by atoms with E-state index < -0.39 is 0 Å². The molecule has 1 atom stereocenters. The van der Waals surface area contributed by atoms with Crippen molar-refractivity contribution in [2.75, 3.05) is 5.32 Å². The lowest BCUT2D eigenvalue weighted by atomic mass is 10.1. The van der Waals surface area contributed by atoms with Crippen LogP contribution >= 0.6 is 23.4 Å². The molecule has 3 aromatic carbocycles. The summed E-state index contributed by atoms with van der Waals surface area (Å²) in [4.78, 5) is 14.1. The maximum absolute atomic E-state index is 12.8. The fourth-order valence-electron chi connectivity index (χ4n) is 3.48. The second-order valence-corrected chi connectivity index (χ2v) is 8.66. The van der Waals surface area contributed by atoms with Crippen LogP contribution in [0, 0.1) is 0 Å². The third-order valence-electron chi connectivity index (χ3n) is 5.00. The van der Waals surface area contributed by atoms with Crippen molar-refractivity contribution < 1.29 is 4.79 Å². The van der Waals surface area contributed by atoms with Crippen molar-refractivity contribution in [2.24, 2.45) is 0 Å². The summed E-state index contributed by atoms with van der Waals surface area (Å²) in [5, 5.41) is 6.95. The predicted octanol–water partition coefficient (Wildman–Crippen LogP) is 7.34. The molecule has 3 aromatic rings. The van der Waals surface area contributed by atoms with E-state index in [-0.39, 0.29) is 11.0 Å². The van der Waals surface area contributed by atoms with Gasteiger partial charge in [-0.1, -0.05) is 61.7 Å². The lowest BCUT2D eigenvalue weighted by molar-refractivity contribution is 0.104. The number of halogens is 1. The van der Waals surface area contributed by atoms with Gasteiger partial charge in [-0.05, 0) is 47.5 Å². The first-order valence-electron chi connectivity index (χ1n) is 9.62. The molecule has 28 heavy (non-hydrogen) atoms. The largest absolute Gasteiger partial charge is 0.357 e. The fraction of sp³-hybridized carbons (Fsp3) is 0.208. The number of carbonyl (C=O) groups excluding carboxylic acids is 1. The van der Waals surface area contributed by atoms with Crippen molar-refractivity contribution in [2.45, 2.75) is 36.3 Å². The SMILES string of the molecule is CCCCC1Sc2c(ccc3ccccc23)N/C1=C\C(=O)c1ccc(Cl)cc1. The van der Waals surface area contributed by atoms with Crippen LogP contribution in [0.1, 0.15) is 36.5 Å². The molecule has 0 amide bonds. The molecule has 0 bridgehead atoms. The van der Waals surface area contributed by atoms with E-state index in [0.29, 0.717) is 10.6 Å². The zero-order chi connectivity index (χ0) is 19.5. The van der Waals surface area contributed by atoms with Crippen LogP contribution in [-0.4, -0.2) is 11.0 Å². The van der Waals surface area contributed by atoms with Gasteiger partial charge in [0.2, 0.25) is 0 Å². The summed E-state index contributed by atoms with van der Waals surface area (Å²) in [6.45, 7) is 2.20. The Kier molecular flexibility index (Phi) is 5.74. The van der Waals surface area contributed by atoms with Crippen LogP contribution < -0.4 is 5.32 Å². The van der Waals surface area contributed by atoms with Crippen LogP contribution in [0.5, 0.6) is 0 Å². The minimum atomic E-state index is 0.00510. The van der Waals surface area contributed by atoms with Gasteiger partial charge < -0.3 is 5.32 Å². The topological polar surface area (TPSA) is 29.1 Å². The first-order chi connectivity index (χ1) is 13.7. The lowest BCUT2D eigenvalue weighted by Crippen LogP contribution is -2.21. The average molecular weight is 408 g/mol. The smallest absolute Gasteiger partial charge is 0.187 e. The Hall–Kier alpha value is -2.23. The number of fused-ring (bicyclic) bond motifs is 3. The Labute approximate surface area is 175 Å². The molecule has 0 saturated carbocycles. The second kappa shape index (κ2) is 8.42. The van der Waals surface area contributed by atoms with E-state index in [0.717, 1.165) is 30.6 Å². The third kappa shape index (κ3) is 3.96. The summed E-state index contributed by atoms with van der Waals surface area (Å²) in [5.74, 6) is 0.00510. The van der Waals surface area contributed by atoms with Crippen LogP contribution in [0.15, 0.2) is 77.3 Å². The van der Waals surface area contributed by atoms with Crippen LogP contribution in [0.25, 0.3) is 10.8 Å². The van der Waals surface area contributed by atoms with Crippen LogP contribution in [0.2, 0.25) is 5.02 Å². The zero-order valence-corrected chi connectivity index (χ0v) is 17.3. The summed E-state index contributed by atoms with van der Waals surface area (Å²) in [6, 6.07) is 19.8. The lowest BCUT2D eigenvalue weighted by Gasteiger charge is -2.29. The van der Waals surface area contributed by atoms with Gasteiger partial charge in [0.1, 0.15) is 0 Å². The number of carbonyl (C=O) groups is 1. The van der Waals surface area contributed by atoms with Gasteiger partial charge in [0, 0.05) is 32.5 Å². The van der Waals surface area contributed by atoms with E-state index in [1.165, 1.54) is 15.7 Å². The molecule has 0 aliphatic carbocycles. The van der Waals surface area contributed by atoms with Crippen molar-refractivity contribution in [3.05, 3.63) is 83.0 Å². The first kappa shape index (κ1) is 19.1. The van der Waals surface area contributed by atoms with E-state index >= 15 is 0 Å². The second-order valence-electron chi connectivity index (χ2n) is 7.01. The Morgan fingerprint density at radius 3 is 2.68 bits per heavy atom. The molecule has 1 aliphatic rings. The minimum absolute atomic E-state index is 0.00510. The number of nitrogens with one attached hydrogen (secondary N) is 1. The number of thioether (sulfide) groups is 1. The molecule has 0 aromatic heterocycles. The highest BCUT2D eigenvalue weighted by Gasteiger charge is 2.25. The summed E-state index contributed by atoms with van der Waals surface area (Å²) in [5.41, 5.74) is 2.72. The molecule has 1 aliphatic heterocycles. The minimum Gasteiger partial charge on any atom is -0.357 e. The standard InChI is InChI=1S/C24H22ClNOS/c1-2-3-8-23-21(15-22(27)17-9-12-18(25)13-10-17)26-20-14-11-16-6-4-5-7-19(16)24(20)28-23/h4-7,9-15,23,26H,2-3,8H2,1H3/b21-15-. The maximum Gasteiger partial charge on any atom is 0.187 e. The van der Waals surface area contributed by atoms with Crippen LogP contribution in [0.3, 0.4) is 0 Å². The fourth-order valence-corrected chi connectivity index (χ4v) is 4.99. The van der Waals surface area contributed by atoms with Gasteiger partial charge >= 0.3 is 0 Å². The summed E-state index contributed by atoms with van der Waals surface area (Å²) in [7, 11) is 0. The molecule has 1 N–H and O–H groups in total. The average Bonchev–Trinajstić information content (AvgIpc) is 2.72. The molecular formula is C24H22ClNOS. The number of allylic oxidation sites excluding steroid dienone is 1. The number of anilines is 1. The number of rotatable bonds is 5. The van der Waals surface area contributed by atoms with Crippen molar-refractivity contribution in [3.63, 3.8) is 0 Å². The zero-order valence-electron chi connectivity index (χ0n) is 15.7. The summed E-state index contributed by atoms with van der Waals surface area (Å²) < 4.78 is 0. The van der Waals surface area contributed by atoms with Crippen LogP contribution in [-0.2, 0) is 0 Å². The Morgan fingerprint density at radius 2 is 1.89 bits per heavy atom. The van der Waals surface area contributed by atoms with Crippen molar-refractivity contribution >= 4 is 45.6 Å². The predicted molar refractivity (Wildman–Crippen MR) is 121 cm³/mol. The highest BCUT2D eigenvalue weighted by molar-refractivity contribution is 8.00. The van der Waals surface area contributed by atoms with Gasteiger partial charge in [-0.15, -0.1) is 11.8 Å². The number of benzene rings is 3. The van der Waals surface area contributed by atoms with E-state index in [1.54, 1.807) is 30.3 Å². The van der Waals surface area contributed by atoms with Crippen LogP contribution in [0.4, 0.5) is 5.69 Å². The molecule has 142 valence electrons. The summed E-state index contributed by atoms with van der Waals surface area (Å²) in [6.07, 6.45) is 5.06. The third-order valence-corrected chi connectivity index (χ3v) is 6.70. The molecule has 2 nitrogen and oxygen atoms in total. The molecule has 4 heteroatoms. The van der Waals surface area contributed by atoms with Gasteiger partial charge in [-0.25, -0.2) is 0 Å². The Balaban J connectivity index is 1.70. The van der Waals surface area contributed by atoms with Gasteiger partial charge in [0.15, 0.2) is 5.78 Å². The Morgan fingerprint density at radius 1 is 1.11 bits per heavy atom. The summed E-state index contributed by atoms with van der Waals surface area (Å²) >= 11 is 7.82. The van der Waals surface area contributed by atoms with Gasteiger partial charge in [-0.2, -0.15) is 0 Å². The maximum atomic E-state index is 12.8. The van der Waals surface area contributed by atoms with Gasteiger partial charge in [0.25, 0.3) is 0 Å². The first-order valence-corrected chi connectivity index (χ1v) is 10.9. The molecule has 0 fully saturated rings. The van der Waals surface area contributed by atoms with E-state index in [1.807, 2.05) is 11.8 Å². The molecule has 1 heterocycles. The number of unbranched alkanes of at least 4 members (excludes halogenated alkanes) is 1. The number of hydrogen-bond acceptors (Lipinski definition) is 3. The highest BCUT2D eigenvalue weighted by Crippen LogP contribution is 2.45. The molecule has 1 unspecified atom stereocenters. The van der Waals surface area contributed by atoms with E-state index in [9.17, 15) is 4.79 Å². The van der Waals surface area contributed by atoms with Crippen molar-refractivity contribution in [3.8, 4) is 0 Å². The monoisotopic (exact) mass is 407 g/mol. The van der Waals surface area contributed by atoms with Crippen molar-refractivity contribution in [1.29, 1.82) is 0 Å². The van der Waals surface area contributed by atoms with Crippen molar-refractivity contribution in [1.82, 2.24) is 0 Å². The molecular weight excluding hydrogens is 386 g/mol. The van der Waals surface area contributed by atoms with Gasteiger partial charge in [-0.3, -0.25) is 4.79 Å². The van der Waals surface area contributed by atoms with E-state index in [2.05, 4.69) is 48.6 Å². The van der Waals surface area contributed by atoms with Gasteiger partial charge in [0.05, 0.1) is 5.69 Å². The highest BCUT2D eigenvalue weighted by atomic mass is 35.5. The Bertz CT molecular complexity index is 1040. The molecule has 0 saturated heterocycles. The normalized spacial score (nSPS) is 17.4.